The molecule has 0 unspecified atom stereocenters. The van der Waals surface area contributed by atoms with Crippen LogP contribution in [0.25, 0.3) is 10.8 Å². The van der Waals surface area contributed by atoms with E-state index in [1.165, 1.54) is 18.3 Å². The molecule has 0 spiro atoms. The topological polar surface area (TPSA) is 150 Å². The third-order valence-corrected chi connectivity index (χ3v) is 6.04. The number of rotatable bonds is 8. The van der Waals surface area contributed by atoms with Gasteiger partial charge < -0.3 is 15.7 Å². The number of fused-ring (bicyclic) bond motifs is 1. The summed E-state index contributed by atoms with van der Waals surface area (Å²) in [7, 11) is 0. The van der Waals surface area contributed by atoms with Gasteiger partial charge in [-0.25, -0.2) is 5.43 Å². The maximum atomic E-state index is 11.0. The Bertz CT molecular complexity index is 1700. The fourth-order valence-corrected chi connectivity index (χ4v) is 3.86. The second-order valence-electron chi connectivity index (χ2n) is 8.75. The summed E-state index contributed by atoms with van der Waals surface area (Å²) in [5.41, 5.74) is 6.94. The van der Waals surface area contributed by atoms with Gasteiger partial charge in [0.1, 0.15) is 5.75 Å². The van der Waals surface area contributed by atoms with Gasteiger partial charge in [0, 0.05) is 29.1 Å². The first-order chi connectivity index (χ1) is 18.9. The van der Waals surface area contributed by atoms with Gasteiger partial charge in [-0.3, -0.25) is 10.1 Å². The second kappa shape index (κ2) is 10.8. The van der Waals surface area contributed by atoms with Gasteiger partial charge in [0.15, 0.2) is 0 Å². The Morgan fingerprint density at radius 1 is 0.821 bits per heavy atom. The number of phenols is 1. The number of nitro benzene ring substituents is 1. The molecule has 5 aromatic rings. The van der Waals surface area contributed by atoms with Crippen molar-refractivity contribution in [2.75, 3.05) is 16.1 Å². The lowest BCUT2D eigenvalue weighted by atomic mass is 10.0. The molecule has 1 aromatic heterocycles. The molecule has 39 heavy (non-hydrogen) atoms. The molecule has 0 saturated heterocycles. The van der Waals surface area contributed by atoms with E-state index in [2.05, 4.69) is 36.1 Å². The molecule has 4 N–H and O–H groups in total. The van der Waals surface area contributed by atoms with Crippen molar-refractivity contribution in [2.45, 2.75) is 13.8 Å². The third-order valence-electron chi connectivity index (χ3n) is 6.04. The van der Waals surface area contributed by atoms with Gasteiger partial charge in [0.2, 0.25) is 17.8 Å². The van der Waals surface area contributed by atoms with Crippen LogP contribution < -0.4 is 16.1 Å². The lowest BCUT2D eigenvalue weighted by molar-refractivity contribution is -0.384. The minimum Gasteiger partial charge on any atom is -0.507 e. The predicted molar refractivity (Wildman–Crippen MR) is 152 cm³/mol. The number of nitrogens with one attached hydrogen (secondary N) is 3. The smallest absolute Gasteiger partial charge is 0.269 e. The van der Waals surface area contributed by atoms with Crippen molar-refractivity contribution in [1.82, 2.24) is 15.0 Å². The summed E-state index contributed by atoms with van der Waals surface area (Å²) in [6.45, 7) is 4.04. The number of phenolic OH excluding ortho intramolecular Hbond substituents is 1. The van der Waals surface area contributed by atoms with Crippen LogP contribution in [0.4, 0.5) is 34.9 Å². The van der Waals surface area contributed by atoms with Gasteiger partial charge in [-0.2, -0.15) is 20.1 Å². The molecule has 0 bridgehead atoms. The maximum Gasteiger partial charge on any atom is 0.269 e. The number of benzene rings is 4. The molecule has 0 aliphatic carbocycles. The van der Waals surface area contributed by atoms with Crippen molar-refractivity contribution in [1.29, 1.82) is 0 Å². The van der Waals surface area contributed by atoms with Crippen LogP contribution in [-0.2, 0) is 0 Å². The Labute approximate surface area is 223 Å². The van der Waals surface area contributed by atoms with E-state index in [4.69, 9.17) is 0 Å². The first-order valence-corrected chi connectivity index (χ1v) is 12.0. The zero-order valence-corrected chi connectivity index (χ0v) is 21.1. The number of non-ortho nitro benzene ring substituents is 1. The predicted octanol–water partition coefficient (Wildman–Crippen LogP) is 6.19. The highest BCUT2D eigenvalue weighted by molar-refractivity contribution is 6.02. The Kier molecular flexibility index (Phi) is 6.95. The Balaban J connectivity index is 1.44. The fourth-order valence-electron chi connectivity index (χ4n) is 3.86. The lowest BCUT2D eigenvalue weighted by Gasteiger charge is -2.11. The number of hydrogen-bond donors (Lipinski definition) is 4. The number of nitro groups is 1. The van der Waals surface area contributed by atoms with Gasteiger partial charge in [-0.1, -0.05) is 36.4 Å². The average molecular weight is 521 g/mol. The van der Waals surface area contributed by atoms with E-state index in [1.54, 1.807) is 18.2 Å². The van der Waals surface area contributed by atoms with Crippen LogP contribution in [0.15, 0.2) is 84.0 Å². The van der Waals surface area contributed by atoms with Crippen LogP contribution in [0.5, 0.6) is 5.75 Å². The minimum absolute atomic E-state index is 0.0262. The Morgan fingerprint density at radius 2 is 1.49 bits per heavy atom. The summed E-state index contributed by atoms with van der Waals surface area (Å²) in [6, 6.07) is 22.9. The van der Waals surface area contributed by atoms with Gasteiger partial charge in [-0.15, -0.1) is 0 Å². The van der Waals surface area contributed by atoms with Crippen LogP contribution in [0.3, 0.4) is 0 Å². The summed E-state index contributed by atoms with van der Waals surface area (Å²) in [6.07, 6.45) is 1.50. The zero-order valence-electron chi connectivity index (χ0n) is 21.1. The van der Waals surface area contributed by atoms with Gasteiger partial charge >= 0.3 is 0 Å². The Hall–Kier alpha value is -5.58. The van der Waals surface area contributed by atoms with E-state index >= 15 is 0 Å². The van der Waals surface area contributed by atoms with Gasteiger partial charge in [0.25, 0.3) is 5.69 Å². The number of hydrogen-bond acceptors (Lipinski definition) is 10. The molecule has 0 fully saturated rings. The average Bonchev–Trinajstić information content (AvgIpc) is 2.92. The molecule has 0 saturated carbocycles. The summed E-state index contributed by atoms with van der Waals surface area (Å²) in [4.78, 5) is 23.8. The summed E-state index contributed by atoms with van der Waals surface area (Å²) in [5, 5.41) is 33.7. The largest absolute Gasteiger partial charge is 0.507 e. The number of nitrogens with zero attached hydrogens (tertiary/aromatic N) is 5. The highest BCUT2D eigenvalue weighted by Crippen LogP contribution is 2.26. The van der Waals surface area contributed by atoms with E-state index in [-0.39, 0.29) is 29.3 Å². The summed E-state index contributed by atoms with van der Waals surface area (Å²) >= 11 is 0. The quantitative estimate of drug-likeness (QED) is 0.107. The summed E-state index contributed by atoms with van der Waals surface area (Å²) < 4.78 is 0. The van der Waals surface area contributed by atoms with Gasteiger partial charge in [0.05, 0.1) is 11.1 Å². The van der Waals surface area contributed by atoms with Crippen molar-refractivity contribution in [3.8, 4) is 5.75 Å². The molecular weight excluding hydrogens is 496 g/mol. The Morgan fingerprint density at radius 3 is 2.21 bits per heavy atom. The van der Waals surface area contributed by atoms with Crippen molar-refractivity contribution < 1.29 is 10.0 Å². The summed E-state index contributed by atoms with van der Waals surface area (Å²) in [5.74, 6) is 0.670. The maximum absolute atomic E-state index is 11.0. The number of hydrazone groups is 1. The van der Waals surface area contributed by atoms with Crippen molar-refractivity contribution in [3.05, 3.63) is 106 Å². The first kappa shape index (κ1) is 25.1. The molecule has 0 radical (unpaired) electrons. The van der Waals surface area contributed by atoms with E-state index in [1.807, 2.05) is 62.4 Å². The van der Waals surface area contributed by atoms with Crippen molar-refractivity contribution in [2.24, 2.45) is 5.10 Å². The lowest BCUT2D eigenvalue weighted by Crippen LogP contribution is -2.07. The van der Waals surface area contributed by atoms with Crippen molar-refractivity contribution >= 4 is 51.9 Å². The van der Waals surface area contributed by atoms with Crippen LogP contribution in [0, 0.1) is 24.0 Å². The monoisotopic (exact) mass is 520 g/mol. The second-order valence-corrected chi connectivity index (χ2v) is 8.75. The molecular formula is C28H24N8O3. The van der Waals surface area contributed by atoms with Crippen LogP contribution in [-0.4, -0.2) is 31.2 Å². The van der Waals surface area contributed by atoms with Crippen LogP contribution in [0.1, 0.15) is 16.7 Å². The molecule has 11 heteroatoms. The van der Waals surface area contributed by atoms with Crippen LogP contribution in [0.2, 0.25) is 0 Å². The highest BCUT2D eigenvalue weighted by Gasteiger charge is 2.10. The van der Waals surface area contributed by atoms with Crippen molar-refractivity contribution in [3.63, 3.8) is 0 Å². The normalized spacial score (nSPS) is 11.0. The van der Waals surface area contributed by atoms with E-state index in [9.17, 15) is 15.2 Å². The third kappa shape index (κ3) is 5.88. The highest BCUT2D eigenvalue weighted by atomic mass is 16.6. The molecule has 5 rings (SSSR count). The zero-order chi connectivity index (χ0) is 27.4. The molecule has 0 aliphatic rings. The van der Waals surface area contributed by atoms with E-state index in [0.717, 1.165) is 27.6 Å². The number of anilines is 5. The molecule has 11 nitrogen and oxygen atoms in total. The molecule has 0 aliphatic heterocycles. The van der Waals surface area contributed by atoms with Gasteiger partial charge in [-0.05, 0) is 66.1 Å². The number of aryl methyl sites for hydroxylation is 2. The number of aromatic nitrogens is 3. The molecule has 0 atom stereocenters. The standard InChI is InChI=1S/C28H24N8O3/c1-17-7-9-21(15-18(17)2)31-27-32-26(30-20-10-12-22(13-11-20)36(38)39)33-28(34-27)35-29-16-24-23-6-4-3-5-19(23)8-14-25(24)37/h3-16,37H,1-2H3,(H3,30,31,32,33,34,35). The van der Waals surface area contributed by atoms with Crippen LogP contribution >= 0.6 is 0 Å². The minimum atomic E-state index is -0.466. The fraction of sp³-hybridized carbons (Fsp3) is 0.0714. The molecule has 0 amide bonds. The van der Waals surface area contributed by atoms with E-state index in [0.29, 0.717) is 11.3 Å². The SMILES string of the molecule is Cc1ccc(Nc2nc(NN=Cc3c(O)ccc4ccccc34)nc(Nc3ccc([N+](=O)[O-])cc3)n2)cc1C. The van der Waals surface area contributed by atoms with E-state index < -0.39 is 4.92 Å². The number of aromatic hydroxyl groups is 1. The first-order valence-electron chi connectivity index (χ1n) is 12.0. The molecule has 194 valence electrons. The molecule has 4 aromatic carbocycles. The molecule has 1 heterocycles.